The molecule has 30 heavy (non-hydrogen) atoms. The molecular formula is C20H18BrNO8. The second-order valence-electron chi connectivity index (χ2n) is 7.87. The van der Waals surface area contributed by atoms with E-state index in [4.69, 9.17) is 5.73 Å². The molecule has 1 saturated carbocycles. The summed E-state index contributed by atoms with van der Waals surface area (Å²) in [6.07, 6.45) is -2.13. The van der Waals surface area contributed by atoms with Crippen molar-refractivity contribution in [2.24, 2.45) is 17.6 Å². The molecule has 1 amide bonds. The number of aliphatic hydroxyl groups is 4. The van der Waals surface area contributed by atoms with Gasteiger partial charge in [-0.3, -0.25) is 14.4 Å². The molecular weight excluding hydrogens is 462 g/mol. The highest BCUT2D eigenvalue weighted by molar-refractivity contribution is 9.10. The molecule has 7 N–H and O–H groups in total. The molecule has 0 radical (unpaired) electrons. The standard InChI is InChI=1S/C20H18BrNO8/c1-5-7-2-6(21)3-9(23)12(7)16(26)14-11(5)15(25)8-4-10(24)13(19(22)29)17(27)20(8,30)18(14)28/h2-3,5,8,11,15,23,25-27,30H,4H2,1H3,(H2,22,29). The Hall–Kier alpha value is -2.69. The first kappa shape index (κ1) is 20.6. The monoisotopic (exact) mass is 479 g/mol. The molecule has 3 aliphatic carbocycles. The third-order valence-electron chi connectivity index (χ3n) is 6.40. The van der Waals surface area contributed by atoms with Crippen LogP contribution < -0.4 is 5.73 Å². The lowest BCUT2D eigenvalue weighted by Gasteiger charge is -2.50. The van der Waals surface area contributed by atoms with Crippen LogP contribution in [0.3, 0.4) is 0 Å². The van der Waals surface area contributed by atoms with Crippen molar-refractivity contribution in [3.63, 3.8) is 0 Å². The molecule has 0 aliphatic heterocycles. The predicted octanol–water partition coefficient (Wildman–Crippen LogP) is 0.718. The summed E-state index contributed by atoms with van der Waals surface area (Å²) < 4.78 is 0.509. The van der Waals surface area contributed by atoms with Gasteiger partial charge in [-0.2, -0.15) is 0 Å². The maximum Gasteiger partial charge on any atom is 0.255 e. The van der Waals surface area contributed by atoms with Gasteiger partial charge in [-0.15, -0.1) is 0 Å². The van der Waals surface area contributed by atoms with E-state index >= 15 is 0 Å². The zero-order chi connectivity index (χ0) is 22.3. The highest BCUT2D eigenvalue weighted by atomic mass is 79.9. The van der Waals surface area contributed by atoms with Crippen LogP contribution in [-0.2, 0) is 14.4 Å². The molecule has 0 heterocycles. The van der Waals surface area contributed by atoms with Crippen molar-refractivity contribution in [3.8, 4) is 5.75 Å². The van der Waals surface area contributed by atoms with Crippen LogP contribution in [-0.4, -0.2) is 54.7 Å². The van der Waals surface area contributed by atoms with Gasteiger partial charge in [-0.1, -0.05) is 22.9 Å². The number of benzene rings is 1. The normalized spacial score (nSPS) is 33.2. The molecule has 0 spiro atoms. The molecule has 4 rings (SSSR count). The van der Waals surface area contributed by atoms with Gasteiger partial charge in [0.2, 0.25) is 5.78 Å². The number of ketones is 2. The van der Waals surface area contributed by atoms with E-state index in [1.54, 1.807) is 13.0 Å². The number of phenols is 1. The van der Waals surface area contributed by atoms with Crippen LogP contribution in [0, 0.1) is 11.8 Å². The maximum atomic E-state index is 13.4. The van der Waals surface area contributed by atoms with Crippen LogP contribution in [0.15, 0.2) is 33.5 Å². The van der Waals surface area contributed by atoms with Crippen molar-refractivity contribution in [3.05, 3.63) is 44.6 Å². The van der Waals surface area contributed by atoms with Crippen molar-refractivity contribution in [1.82, 2.24) is 0 Å². The summed E-state index contributed by atoms with van der Waals surface area (Å²) >= 11 is 3.25. The molecule has 5 atom stereocenters. The minimum atomic E-state index is -2.82. The van der Waals surface area contributed by atoms with Gasteiger partial charge in [-0.25, -0.2) is 0 Å². The van der Waals surface area contributed by atoms with E-state index in [1.165, 1.54) is 6.07 Å². The summed E-state index contributed by atoms with van der Waals surface area (Å²) in [7, 11) is 0. The number of phenolic OH excluding ortho intramolecular Hbond substituents is 1. The number of Topliss-reactive ketones (excluding diaryl/α,β-unsaturated/α-hetero) is 2. The Bertz CT molecular complexity index is 1110. The molecule has 3 aliphatic rings. The second-order valence-corrected chi connectivity index (χ2v) is 8.79. The van der Waals surface area contributed by atoms with Crippen LogP contribution in [0.1, 0.15) is 30.4 Å². The first-order valence-electron chi connectivity index (χ1n) is 9.10. The van der Waals surface area contributed by atoms with Crippen molar-refractivity contribution >= 4 is 39.2 Å². The lowest BCUT2D eigenvalue weighted by molar-refractivity contribution is -0.160. The van der Waals surface area contributed by atoms with E-state index in [2.05, 4.69) is 15.9 Å². The Morgan fingerprint density at radius 2 is 1.87 bits per heavy atom. The highest BCUT2D eigenvalue weighted by Gasteiger charge is 2.64. The van der Waals surface area contributed by atoms with Gasteiger partial charge in [-0.05, 0) is 23.6 Å². The topological polar surface area (TPSA) is 178 Å². The van der Waals surface area contributed by atoms with Crippen LogP contribution in [0.4, 0.5) is 0 Å². The van der Waals surface area contributed by atoms with E-state index in [1.807, 2.05) is 0 Å². The van der Waals surface area contributed by atoms with Gasteiger partial charge < -0.3 is 31.3 Å². The molecule has 1 fully saturated rings. The number of aromatic hydroxyl groups is 1. The highest BCUT2D eigenvalue weighted by Crippen LogP contribution is 2.55. The third kappa shape index (κ3) is 2.38. The number of hydrogen-bond acceptors (Lipinski definition) is 8. The summed E-state index contributed by atoms with van der Waals surface area (Å²) in [4.78, 5) is 37.3. The zero-order valence-corrected chi connectivity index (χ0v) is 17.2. The van der Waals surface area contributed by atoms with Gasteiger partial charge in [0, 0.05) is 28.3 Å². The zero-order valence-electron chi connectivity index (χ0n) is 15.6. The minimum Gasteiger partial charge on any atom is -0.508 e. The van der Waals surface area contributed by atoms with Crippen LogP contribution in [0.5, 0.6) is 5.75 Å². The molecule has 0 aromatic heterocycles. The fourth-order valence-corrected chi connectivity index (χ4v) is 5.46. The Morgan fingerprint density at radius 1 is 1.23 bits per heavy atom. The van der Waals surface area contributed by atoms with Gasteiger partial charge in [0.15, 0.2) is 11.4 Å². The number of carbonyl (C=O) groups is 3. The number of halogens is 1. The van der Waals surface area contributed by atoms with E-state index in [0.29, 0.717) is 10.0 Å². The van der Waals surface area contributed by atoms with Gasteiger partial charge >= 0.3 is 0 Å². The van der Waals surface area contributed by atoms with E-state index in [0.717, 1.165) is 0 Å². The average molecular weight is 480 g/mol. The Balaban J connectivity index is 2.02. The van der Waals surface area contributed by atoms with Gasteiger partial charge in [0.05, 0.1) is 11.7 Å². The minimum absolute atomic E-state index is 0.0370. The smallest absolute Gasteiger partial charge is 0.255 e. The molecule has 1 aromatic rings. The van der Waals surface area contributed by atoms with Crippen LogP contribution in [0.2, 0.25) is 0 Å². The molecule has 5 unspecified atom stereocenters. The van der Waals surface area contributed by atoms with E-state index in [-0.39, 0.29) is 11.3 Å². The van der Waals surface area contributed by atoms with Gasteiger partial charge in [0.1, 0.15) is 22.8 Å². The number of carbonyl (C=O) groups excluding carboxylic acids is 3. The number of rotatable bonds is 1. The van der Waals surface area contributed by atoms with Crippen LogP contribution in [0.25, 0.3) is 5.76 Å². The summed E-state index contributed by atoms with van der Waals surface area (Å²) in [5.74, 6) is -8.69. The number of hydrogen-bond donors (Lipinski definition) is 6. The average Bonchev–Trinajstić information content (AvgIpc) is 2.64. The Kier molecular flexibility index (Phi) is 4.39. The number of aliphatic hydroxyl groups excluding tert-OH is 3. The van der Waals surface area contributed by atoms with Crippen molar-refractivity contribution < 1.29 is 39.9 Å². The van der Waals surface area contributed by atoms with E-state index in [9.17, 15) is 39.9 Å². The maximum absolute atomic E-state index is 13.4. The number of fused-ring (bicyclic) bond motifs is 3. The first-order chi connectivity index (χ1) is 13.9. The Morgan fingerprint density at radius 3 is 2.47 bits per heavy atom. The molecule has 0 saturated heterocycles. The third-order valence-corrected chi connectivity index (χ3v) is 6.86. The van der Waals surface area contributed by atoms with Crippen molar-refractivity contribution in [2.45, 2.75) is 31.0 Å². The molecule has 9 nitrogen and oxygen atoms in total. The molecule has 158 valence electrons. The summed E-state index contributed by atoms with van der Waals surface area (Å²) in [5, 5.41) is 53.9. The summed E-state index contributed by atoms with van der Waals surface area (Å²) in [6.45, 7) is 1.66. The first-order valence-corrected chi connectivity index (χ1v) is 9.90. The lowest BCUT2D eigenvalue weighted by Crippen LogP contribution is -2.63. The summed E-state index contributed by atoms with van der Waals surface area (Å²) in [6, 6.07) is 2.94. The van der Waals surface area contributed by atoms with Crippen LogP contribution >= 0.6 is 15.9 Å². The summed E-state index contributed by atoms with van der Waals surface area (Å²) in [5.41, 5.74) is 1.41. The Labute approximate surface area is 178 Å². The second kappa shape index (κ2) is 6.40. The number of amides is 1. The van der Waals surface area contributed by atoms with Gasteiger partial charge in [0.25, 0.3) is 5.91 Å². The fourth-order valence-electron chi connectivity index (χ4n) is 4.99. The van der Waals surface area contributed by atoms with E-state index < -0.39 is 76.0 Å². The molecule has 10 heteroatoms. The number of nitrogens with two attached hydrogens (primary N) is 1. The SMILES string of the molecule is CC1c2cc(Br)cc(O)c2C(O)=C2C(=O)C3(O)C(O)=C(C(N)=O)C(=O)CC3C(O)C21. The largest absolute Gasteiger partial charge is 0.508 e. The van der Waals surface area contributed by atoms with Crippen molar-refractivity contribution in [1.29, 1.82) is 0 Å². The lowest BCUT2D eigenvalue weighted by atomic mass is 9.55. The number of primary amides is 1. The molecule has 0 bridgehead atoms. The molecule has 1 aromatic carbocycles. The fraction of sp³-hybridized carbons (Fsp3) is 0.350. The quantitative estimate of drug-likeness (QED) is 0.318. The predicted molar refractivity (Wildman–Crippen MR) is 105 cm³/mol. The van der Waals surface area contributed by atoms with Crippen molar-refractivity contribution in [2.75, 3.05) is 0 Å².